The minimum absolute atomic E-state index is 0.0502. The van der Waals surface area contributed by atoms with Gasteiger partial charge in [-0.1, -0.05) is 39.7 Å². The number of nitrogens with zero attached hydrogens (tertiary/aromatic N) is 1. The third-order valence-corrected chi connectivity index (χ3v) is 3.59. The van der Waals surface area contributed by atoms with Crippen LogP contribution in [-0.4, -0.2) is 4.98 Å². The first-order valence-electron chi connectivity index (χ1n) is 5.83. The second kappa shape index (κ2) is 6.09. The van der Waals surface area contributed by atoms with E-state index >= 15 is 0 Å². The Bertz CT molecular complexity index is 514. The van der Waals surface area contributed by atoms with Gasteiger partial charge in [-0.2, -0.15) is 0 Å². The van der Waals surface area contributed by atoms with Crippen molar-refractivity contribution < 1.29 is 0 Å². The molecule has 0 aliphatic carbocycles. The fourth-order valence-electron chi connectivity index (χ4n) is 1.92. The van der Waals surface area contributed by atoms with E-state index in [0.29, 0.717) is 0 Å². The maximum atomic E-state index is 5.67. The molecule has 18 heavy (non-hydrogen) atoms. The molecule has 3 N–H and O–H groups in total. The Morgan fingerprint density at radius 2 is 2.17 bits per heavy atom. The average Bonchev–Trinajstić information content (AvgIpc) is 2.40. The molecule has 0 radical (unpaired) electrons. The quantitative estimate of drug-likeness (QED) is 0.674. The molecule has 1 unspecified atom stereocenters. The van der Waals surface area contributed by atoms with Crippen molar-refractivity contribution in [3.8, 4) is 0 Å². The summed E-state index contributed by atoms with van der Waals surface area (Å²) in [6.45, 7) is 2.07. The van der Waals surface area contributed by atoms with Gasteiger partial charge in [0.15, 0.2) is 0 Å². The fraction of sp³-hybridized carbons (Fsp3) is 0.214. The lowest BCUT2D eigenvalue weighted by molar-refractivity contribution is 0.544. The molecule has 0 aliphatic heterocycles. The van der Waals surface area contributed by atoms with Crippen molar-refractivity contribution in [2.24, 2.45) is 5.84 Å². The molecule has 1 aromatic carbocycles. The standard InChI is InChI=1S/C14H16BrN3/c1-10-5-6-13(15)12(8-10)14(18-16)9-11-4-2-3-7-17-11/h2-8,14,18H,9,16H2,1H3. The predicted molar refractivity (Wildman–Crippen MR) is 76.9 cm³/mol. The highest BCUT2D eigenvalue weighted by atomic mass is 79.9. The molecule has 0 spiro atoms. The molecular weight excluding hydrogens is 290 g/mol. The zero-order chi connectivity index (χ0) is 13.0. The van der Waals surface area contributed by atoms with Crippen LogP contribution >= 0.6 is 15.9 Å². The molecule has 2 aromatic rings. The van der Waals surface area contributed by atoms with E-state index in [1.165, 1.54) is 5.56 Å². The molecule has 0 fully saturated rings. The number of aryl methyl sites for hydroxylation is 1. The summed E-state index contributed by atoms with van der Waals surface area (Å²) in [5, 5.41) is 0. The molecule has 2 rings (SSSR count). The molecule has 94 valence electrons. The highest BCUT2D eigenvalue weighted by Gasteiger charge is 2.14. The number of nitrogens with two attached hydrogens (primary N) is 1. The Kier molecular flexibility index (Phi) is 4.47. The highest BCUT2D eigenvalue weighted by Crippen LogP contribution is 2.26. The summed E-state index contributed by atoms with van der Waals surface area (Å²) in [6.07, 6.45) is 2.56. The number of halogens is 1. The third kappa shape index (κ3) is 3.16. The van der Waals surface area contributed by atoms with Crippen molar-refractivity contribution in [3.05, 3.63) is 63.9 Å². The monoisotopic (exact) mass is 305 g/mol. The van der Waals surface area contributed by atoms with Crippen LogP contribution in [0.25, 0.3) is 0 Å². The van der Waals surface area contributed by atoms with Gasteiger partial charge in [0, 0.05) is 22.8 Å². The van der Waals surface area contributed by atoms with Gasteiger partial charge in [0.2, 0.25) is 0 Å². The van der Waals surface area contributed by atoms with Gasteiger partial charge in [0.05, 0.1) is 6.04 Å². The molecule has 4 heteroatoms. The highest BCUT2D eigenvalue weighted by molar-refractivity contribution is 9.10. The second-order valence-electron chi connectivity index (χ2n) is 4.27. The average molecular weight is 306 g/mol. The van der Waals surface area contributed by atoms with E-state index in [1.54, 1.807) is 6.20 Å². The van der Waals surface area contributed by atoms with Crippen LogP contribution in [0, 0.1) is 6.92 Å². The molecule has 1 aromatic heterocycles. The van der Waals surface area contributed by atoms with Gasteiger partial charge in [-0.3, -0.25) is 16.3 Å². The summed E-state index contributed by atoms with van der Waals surface area (Å²) in [5.41, 5.74) is 6.26. The van der Waals surface area contributed by atoms with Crippen LogP contribution in [0.3, 0.4) is 0 Å². The first kappa shape index (κ1) is 13.2. The molecule has 1 heterocycles. The van der Waals surface area contributed by atoms with Crippen molar-refractivity contribution in [3.63, 3.8) is 0 Å². The van der Waals surface area contributed by atoms with Gasteiger partial charge in [-0.15, -0.1) is 0 Å². The van der Waals surface area contributed by atoms with E-state index in [1.807, 2.05) is 24.3 Å². The number of hydrogen-bond donors (Lipinski definition) is 2. The van der Waals surface area contributed by atoms with Gasteiger partial charge >= 0.3 is 0 Å². The normalized spacial score (nSPS) is 12.4. The molecule has 0 amide bonds. The Morgan fingerprint density at radius 1 is 1.33 bits per heavy atom. The Morgan fingerprint density at radius 3 is 2.83 bits per heavy atom. The minimum Gasteiger partial charge on any atom is -0.271 e. The van der Waals surface area contributed by atoms with Gasteiger partial charge in [-0.05, 0) is 30.7 Å². The van der Waals surface area contributed by atoms with Crippen LogP contribution in [0.1, 0.15) is 22.9 Å². The van der Waals surface area contributed by atoms with Crippen molar-refractivity contribution in [2.75, 3.05) is 0 Å². The minimum atomic E-state index is 0.0502. The third-order valence-electron chi connectivity index (χ3n) is 2.87. The zero-order valence-electron chi connectivity index (χ0n) is 10.2. The number of rotatable bonds is 4. The molecule has 3 nitrogen and oxygen atoms in total. The second-order valence-corrected chi connectivity index (χ2v) is 5.12. The lowest BCUT2D eigenvalue weighted by Gasteiger charge is -2.18. The summed E-state index contributed by atoms with van der Waals surface area (Å²) < 4.78 is 1.06. The van der Waals surface area contributed by atoms with E-state index in [4.69, 9.17) is 5.84 Å². The number of benzene rings is 1. The van der Waals surface area contributed by atoms with Crippen LogP contribution in [-0.2, 0) is 6.42 Å². The van der Waals surface area contributed by atoms with Gasteiger partial charge in [0.25, 0.3) is 0 Å². The summed E-state index contributed by atoms with van der Waals surface area (Å²) in [5.74, 6) is 5.67. The lowest BCUT2D eigenvalue weighted by Crippen LogP contribution is -2.30. The van der Waals surface area contributed by atoms with Crippen molar-refractivity contribution >= 4 is 15.9 Å². The number of nitrogens with one attached hydrogen (secondary N) is 1. The zero-order valence-corrected chi connectivity index (χ0v) is 11.8. The Labute approximate surface area is 116 Å². The number of pyridine rings is 1. The number of aromatic nitrogens is 1. The van der Waals surface area contributed by atoms with Crippen molar-refractivity contribution in [2.45, 2.75) is 19.4 Å². The summed E-state index contributed by atoms with van der Waals surface area (Å²) in [6, 6.07) is 12.2. The molecule has 0 saturated heterocycles. The summed E-state index contributed by atoms with van der Waals surface area (Å²) in [4.78, 5) is 4.33. The SMILES string of the molecule is Cc1ccc(Br)c(C(Cc2ccccn2)NN)c1. The molecular formula is C14H16BrN3. The fourth-order valence-corrected chi connectivity index (χ4v) is 2.44. The molecule has 0 aliphatic rings. The van der Waals surface area contributed by atoms with Gasteiger partial charge in [-0.25, -0.2) is 0 Å². The maximum Gasteiger partial charge on any atom is 0.0526 e. The lowest BCUT2D eigenvalue weighted by atomic mass is 10.0. The van der Waals surface area contributed by atoms with E-state index in [-0.39, 0.29) is 6.04 Å². The van der Waals surface area contributed by atoms with Crippen LogP contribution in [0.2, 0.25) is 0 Å². The first-order valence-corrected chi connectivity index (χ1v) is 6.62. The first-order chi connectivity index (χ1) is 8.70. The number of hydrogen-bond acceptors (Lipinski definition) is 3. The maximum absolute atomic E-state index is 5.67. The summed E-state index contributed by atoms with van der Waals surface area (Å²) in [7, 11) is 0. The number of hydrazine groups is 1. The van der Waals surface area contributed by atoms with E-state index in [0.717, 1.165) is 22.2 Å². The molecule has 0 saturated carbocycles. The van der Waals surface area contributed by atoms with Crippen LogP contribution in [0.5, 0.6) is 0 Å². The van der Waals surface area contributed by atoms with E-state index in [2.05, 4.69) is 45.4 Å². The topological polar surface area (TPSA) is 50.9 Å². The smallest absolute Gasteiger partial charge is 0.0526 e. The summed E-state index contributed by atoms with van der Waals surface area (Å²) >= 11 is 3.57. The van der Waals surface area contributed by atoms with Gasteiger partial charge in [0.1, 0.15) is 0 Å². The largest absolute Gasteiger partial charge is 0.271 e. The van der Waals surface area contributed by atoms with Gasteiger partial charge < -0.3 is 0 Å². The van der Waals surface area contributed by atoms with Crippen LogP contribution in [0.4, 0.5) is 0 Å². The van der Waals surface area contributed by atoms with Crippen LogP contribution in [0.15, 0.2) is 47.1 Å². The molecule has 0 bridgehead atoms. The Hall–Kier alpha value is -1.23. The van der Waals surface area contributed by atoms with Crippen molar-refractivity contribution in [1.29, 1.82) is 0 Å². The van der Waals surface area contributed by atoms with E-state index < -0.39 is 0 Å². The molecule has 1 atom stereocenters. The van der Waals surface area contributed by atoms with Crippen molar-refractivity contribution in [1.82, 2.24) is 10.4 Å². The Balaban J connectivity index is 2.26. The van der Waals surface area contributed by atoms with E-state index in [9.17, 15) is 0 Å². The predicted octanol–water partition coefficient (Wildman–Crippen LogP) is 2.90. The van der Waals surface area contributed by atoms with Crippen LogP contribution < -0.4 is 11.3 Å².